The van der Waals surface area contributed by atoms with Gasteiger partial charge in [-0.05, 0) is 36.6 Å². The zero-order valence-corrected chi connectivity index (χ0v) is 11.4. The minimum Gasteiger partial charge on any atom is -0.384 e. The van der Waals surface area contributed by atoms with Crippen molar-refractivity contribution in [1.82, 2.24) is 0 Å². The fraction of sp³-hybridized carbons (Fsp3) is 0.294. The van der Waals surface area contributed by atoms with Crippen LogP contribution in [0.4, 0.5) is 5.69 Å². The maximum Gasteiger partial charge on any atom is 0.107 e. The lowest BCUT2D eigenvalue weighted by Crippen LogP contribution is -2.23. The number of benzene rings is 2. The van der Waals surface area contributed by atoms with Crippen LogP contribution in [-0.2, 0) is 0 Å². The van der Waals surface area contributed by atoms with E-state index in [1.165, 1.54) is 11.1 Å². The molecule has 1 aliphatic carbocycles. The molecule has 0 heterocycles. The second kappa shape index (κ2) is 4.71. The maximum atomic E-state index is 10.6. The second-order valence-electron chi connectivity index (χ2n) is 4.90. The van der Waals surface area contributed by atoms with Gasteiger partial charge in [0.25, 0.3) is 0 Å². The Morgan fingerprint density at radius 1 is 0.947 bits per heavy atom. The molecule has 2 aromatic rings. The molecule has 0 aliphatic heterocycles. The molecule has 0 bridgehead atoms. The zero-order chi connectivity index (χ0) is 13.4. The molecule has 2 heteroatoms. The number of aliphatic hydroxyl groups is 1. The highest BCUT2D eigenvalue weighted by Gasteiger charge is 2.29. The Kier molecular flexibility index (Phi) is 3.03. The fourth-order valence-electron chi connectivity index (χ4n) is 3.05. The lowest BCUT2D eigenvalue weighted by Gasteiger charge is -2.25. The van der Waals surface area contributed by atoms with Crippen molar-refractivity contribution in [2.45, 2.75) is 20.0 Å². The molecule has 0 spiro atoms. The maximum absolute atomic E-state index is 10.6. The zero-order valence-electron chi connectivity index (χ0n) is 11.4. The van der Waals surface area contributed by atoms with Crippen molar-refractivity contribution >= 4 is 5.69 Å². The predicted molar refractivity (Wildman–Crippen MR) is 79.5 cm³/mol. The predicted octanol–water partition coefficient (Wildman–Crippen LogP) is 3.59. The monoisotopic (exact) mass is 253 g/mol. The third-order valence-electron chi connectivity index (χ3n) is 4.01. The van der Waals surface area contributed by atoms with Crippen LogP contribution < -0.4 is 4.90 Å². The van der Waals surface area contributed by atoms with Crippen LogP contribution >= 0.6 is 0 Å². The Morgan fingerprint density at radius 3 is 2.37 bits per heavy atom. The highest BCUT2D eigenvalue weighted by molar-refractivity contribution is 5.83. The Morgan fingerprint density at radius 2 is 1.63 bits per heavy atom. The molecule has 2 aromatic carbocycles. The number of hydrogen-bond acceptors (Lipinski definition) is 2. The first-order valence-corrected chi connectivity index (χ1v) is 6.93. The van der Waals surface area contributed by atoms with E-state index in [-0.39, 0.29) is 0 Å². The smallest absolute Gasteiger partial charge is 0.107 e. The Labute approximate surface area is 114 Å². The average Bonchev–Trinajstić information content (AvgIpc) is 2.75. The minimum atomic E-state index is -0.497. The second-order valence-corrected chi connectivity index (χ2v) is 4.90. The number of rotatable bonds is 3. The van der Waals surface area contributed by atoms with Crippen molar-refractivity contribution in [3.8, 4) is 11.1 Å². The van der Waals surface area contributed by atoms with Gasteiger partial charge in [-0.2, -0.15) is 0 Å². The van der Waals surface area contributed by atoms with Gasteiger partial charge in [0.1, 0.15) is 6.10 Å². The molecule has 19 heavy (non-hydrogen) atoms. The van der Waals surface area contributed by atoms with Gasteiger partial charge in [-0.1, -0.05) is 36.4 Å². The number of aliphatic hydroxyl groups excluding tert-OH is 1. The van der Waals surface area contributed by atoms with E-state index in [1.807, 2.05) is 18.2 Å². The standard InChI is InChI=1S/C17H19NO/c1-3-18(4-2)15-11-7-10-13-12-8-5-6-9-14(12)17(19)16(13)15/h5-11,17,19H,3-4H2,1-2H3. The number of hydrogen-bond donors (Lipinski definition) is 1. The summed E-state index contributed by atoms with van der Waals surface area (Å²) >= 11 is 0. The van der Waals surface area contributed by atoms with Crippen LogP contribution in [0.1, 0.15) is 31.1 Å². The molecule has 98 valence electrons. The molecule has 1 N–H and O–H groups in total. The first kappa shape index (κ1) is 12.2. The topological polar surface area (TPSA) is 23.5 Å². The summed E-state index contributed by atoms with van der Waals surface area (Å²) in [4.78, 5) is 2.30. The lowest BCUT2D eigenvalue weighted by molar-refractivity contribution is 0.225. The lowest BCUT2D eigenvalue weighted by atomic mass is 10.0. The minimum absolute atomic E-state index is 0.497. The van der Waals surface area contributed by atoms with Crippen molar-refractivity contribution in [1.29, 1.82) is 0 Å². The first-order valence-electron chi connectivity index (χ1n) is 6.93. The summed E-state index contributed by atoms with van der Waals surface area (Å²) in [6.07, 6.45) is -0.497. The fourth-order valence-corrected chi connectivity index (χ4v) is 3.05. The van der Waals surface area contributed by atoms with Gasteiger partial charge in [0.15, 0.2) is 0 Å². The summed E-state index contributed by atoms with van der Waals surface area (Å²) in [5.41, 5.74) is 5.59. The largest absolute Gasteiger partial charge is 0.384 e. The molecule has 0 saturated carbocycles. The molecule has 0 saturated heterocycles. The van der Waals surface area contributed by atoms with E-state index in [4.69, 9.17) is 0 Å². The van der Waals surface area contributed by atoms with Crippen LogP contribution in [0.2, 0.25) is 0 Å². The summed E-state index contributed by atoms with van der Waals surface area (Å²) in [5.74, 6) is 0. The molecule has 1 atom stereocenters. The van der Waals surface area contributed by atoms with Gasteiger partial charge in [-0.25, -0.2) is 0 Å². The molecular weight excluding hydrogens is 234 g/mol. The van der Waals surface area contributed by atoms with E-state index >= 15 is 0 Å². The quantitative estimate of drug-likeness (QED) is 0.903. The number of fused-ring (bicyclic) bond motifs is 3. The van der Waals surface area contributed by atoms with Crippen LogP contribution in [0, 0.1) is 0 Å². The summed E-state index contributed by atoms with van der Waals surface area (Å²) in [5, 5.41) is 10.6. The first-order chi connectivity index (χ1) is 9.27. The van der Waals surface area contributed by atoms with E-state index in [0.29, 0.717) is 0 Å². The Balaban J connectivity index is 2.21. The summed E-state index contributed by atoms with van der Waals surface area (Å²) in [7, 11) is 0. The van der Waals surface area contributed by atoms with Crippen molar-refractivity contribution in [2.75, 3.05) is 18.0 Å². The molecular formula is C17H19NO. The average molecular weight is 253 g/mol. The van der Waals surface area contributed by atoms with Crippen LogP contribution in [0.15, 0.2) is 42.5 Å². The third kappa shape index (κ3) is 1.75. The Bertz CT molecular complexity index is 602. The molecule has 3 rings (SSSR count). The highest BCUT2D eigenvalue weighted by atomic mass is 16.3. The van der Waals surface area contributed by atoms with Gasteiger partial charge in [0, 0.05) is 24.3 Å². The third-order valence-corrected chi connectivity index (χ3v) is 4.01. The van der Waals surface area contributed by atoms with Gasteiger partial charge in [-0.3, -0.25) is 0 Å². The van der Waals surface area contributed by atoms with E-state index < -0.39 is 6.10 Å². The Hall–Kier alpha value is -1.80. The molecule has 0 amide bonds. The van der Waals surface area contributed by atoms with E-state index in [9.17, 15) is 5.11 Å². The van der Waals surface area contributed by atoms with Crippen molar-refractivity contribution in [3.05, 3.63) is 53.6 Å². The van der Waals surface area contributed by atoms with Crippen LogP contribution in [0.3, 0.4) is 0 Å². The van der Waals surface area contributed by atoms with Gasteiger partial charge in [0.2, 0.25) is 0 Å². The number of nitrogens with zero attached hydrogens (tertiary/aromatic N) is 1. The van der Waals surface area contributed by atoms with Crippen LogP contribution in [-0.4, -0.2) is 18.2 Å². The molecule has 1 aliphatic rings. The SMILES string of the molecule is CCN(CC)c1cccc2c1C(O)c1ccccc1-2. The van der Waals surface area contributed by atoms with Gasteiger partial charge in [-0.15, -0.1) is 0 Å². The number of anilines is 1. The van der Waals surface area contributed by atoms with Crippen LogP contribution in [0.5, 0.6) is 0 Å². The van der Waals surface area contributed by atoms with E-state index in [0.717, 1.165) is 29.9 Å². The van der Waals surface area contributed by atoms with Gasteiger partial charge >= 0.3 is 0 Å². The van der Waals surface area contributed by atoms with Crippen molar-refractivity contribution < 1.29 is 5.11 Å². The van der Waals surface area contributed by atoms with E-state index in [2.05, 4.69) is 43.0 Å². The van der Waals surface area contributed by atoms with Crippen molar-refractivity contribution in [2.24, 2.45) is 0 Å². The molecule has 0 aromatic heterocycles. The van der Waals surface area contributed by atoms with Crippen molar-refractivity contribution in [3.63, 3.8) is 0 Å². The molecule has 0 fully saturated rings. The highest BCUT2D eigenvalue weighted by Crippen LogP contribution is 2.47. The molecule has 0 radical (unpaired) electrons. The summed E-state index contributed by atoms with van der Waals surface area (Å²) < 4.78 is 0. The summed E-state index contributed by atoms with van der Waals surface area (Å²) in [6, 6.07) is 14.4. The van der Waals surface area contributed by atoms with Gasteiger partial charge < -0.3 is 10.0 Å². The molecule has 1 unspecified atom stereocenters. The van der Waals surface area contributed by atoms with E-state index in [1.54, 1.807) is 0 Å². The normalized spacial score (nSPS) is 16.1. The van der Waals surface area contributed by atoms with Crippen LogP contribution in [0.25, 0.3) is 11.1 Å². The summed E-state index contributed by atoms with van der Waals surface area (Å²) in [6.45, 7) is 6.21. The molecule has 2 nitrogen and oxygen atoms in total. The van der Waals surface area contributed by atoms with Gasteiger partial charge in [0.05, 0.1) is 0 Å².